The largest absolute Gasteiger partial charge is 0.299 e. The molecule has 0 aromatic carbocycles. The van der Waals surface area contributed by atoms with E-state index in [1.807, 2.05) is 44.3 Å². The molecule has 156 valence electrons. The van der Waals surface area contributed by atoms with Gasteiger partial charge in [-0.2, -0.15) is 5.10 Å². The summed E-state index contributed by atoms with van der Waals surface area (Å²) in [5.41, 5.74) is 2.20. The van der Waals surface area contributed by atoms with Crippen molar-refractivity contribution in [1.82, 2.24) is 25.5 Å². The quantitative estimate of drug-likeness (QED) is 0.693. The van der Waals surface area contributed by atoms with Gasteiger partial charge in [0, 0.05) is 30.6 Å². The topological polar surface area (TPSA) is 86.8 Å². The van der Waals surface area contributed by atoms with Crippen LogP contribution in [0, 0.1) is 0 Å². The number of hydrogen-bond donors (Lipinski definition) is 2. The number of fused-ring (bicyclic) bond motifs is 2. The minimum absolute atomic E-state index is 0.0389. The Balaban J connectivity index is 1.41. The zero-order chi connectivity index (χ0) is 21.1. The smallest absolute Gasteiger partial charge is 0.245 e. The lowest BCUT2D eigenvalue weighted by Gasteiger charge is -2.21. The highest BCUT2D eigenvalue weighted by Crippen LogP contribution is 2.55. The summed E-state index contributed by atoms with van der Waals surface area (Å²) in [5.74, 6) is 2.24. The van der Waals surface area contributed by atoms with E-state index in [9.17, 15) is 4.79 Å². The number of hydrogen-bond acceptors (Lipinski definition) is 5. The van der Waals surface area contributed by atoms with E-state index in [-0.39, 0.29) is 17.4 Å². The number of pyridine rings is 1. The van der Waals surface area contributed by atoms with Gasteiger partial charge in [-0.05, 0) is 37.8 Å². The number of anilines is 1. The molecular weight excluding hydrogens is 376 g/mol. The summed E-state index contributed by atoms with van der Waals surface area (Å²) >= 11 is 0. The number of likely N-dealkylation sites (N-methyl/N-ethyl adjacent to an activating group) is 1. The summed E-state index contributed by atoms with van der Waals surface area (Å²) in [6.45, 7) is 6.45. The number of allylic oxidation sites excluding steroid dienone is 5. The number of carbonyl (C=O) groups excluding carboxylic acids is 1. The molecule has 1 amide bonds. The number of aromatic nitrogens is 4. The average Bonchev–Trinajstić information content (AvgIpc) is 3.42. The SMILES string of the molecule is C=C(/C=C\C=C/C)Cc1nc(CN[C@H]2CC3(CC3)c3cccnc3N(C)C2=O)n[nH]1. The molecule has 1 aliphatic heterocycles. The minimum Gasteiger partial charge on any atom is -0.299 e. The van der Waals surface area contributed by atoms with Gasteiger partial charge < -0.3 is 0 Å². The van der Waals surface area contributed by atoms with Crippen molar-refractivity contribution in [2.75, 3.05) is 11.9 Å². The first-order chi connectivity index (χ1) is 14.5. The standard InChI is InChI=1S/C23H28N6O/c1-4-5-6-8-16(2)13-19-26-20(28-27-19)15-25-18-14-23(10-11-23)17-9-7-12-24-21(17)29(3)22(18)30/h4-9,12,18,25H,2,10-11,13-15H2,1,3H3,(H,26,27,28)/b5-4-,8-6-/t18-/m0/s1. The molecule has 7 nitrogen and oxygen atoms in total. The average molecular weight is 405 g/mol. The summed E-state index contributed by atoms with van der Waals surface area (Å²) in [6, 6.07) is 3.79. The van der Waals surface area contributed by atoms with Gasteiger partial charge in [0.15, 0.2) is 5.82 Å². The Bertz CT molecular complexity index is 1000. The maximum Gasteiger partial charge on any atom is 0.245 e. The molecule has 1 fully saturated rings. The lowest BCUT2D eigenvalue weighted by molar-refractivity contribution is -0.120. The molecule has 7 heteroatoms. The van der Waals surface area contributed by atoms with E-state index in [2.05, 4.69) is 38.1 Å². The fraction of sp³-hybridized carbons (Fsp3) is 0.391. The van der Waals surface area contributed by atoms with Crippen molar-refractivity contribution < 1.29 is 4.79 Å². The monoisotopic (exact) mass is 404 g/mol. The Morgan fingerprint density at radius 1 is 1.43 bits per heavy atom. The second-order valence-electron chi connectivity index (χ2n) is 8.11. The van der Waals surface area contributed by atoms with Crippen LogP contribution in [0.2, 0.25) is 0 Å². The number of amides is 1. The third kappa shape index (κ3) is 4.11. The zero-order valence-electron chi connectivity index (χ0n) is 17.6. The Kier molecular flexibility index (Phi) is 5.63. The molecule has 1 atom stereocenters. The van der Waals surface area contributed by atoms with Crippen molar-refractivity contribution in [3.8, 4) is 0 Å². The van der Waals surface area contributed by atoms with Gasteiger partial charge in [0.2, 0.25) is 5.91 Å². The van der Waals surface area contributed by atoms with E-state index in [1.54, 1.807) is 11.1 Å². The molecule has 2 aromatic heterocycles. The highest BCUT2D eigenvalue weighted by molar-refractivity contribution is 5.97. The summed E-state index contributed by atoms with van der Waals surface area (Å²) in [5, 5.41) is 10.7. The first-order valence-corrected chi connectivity index (χ1v) is 10.4. The molecule has 4 rings (SSSR count). The van der Waals surface area contributed by atoms with E-state index >= 15 is 0 Å². The molecule has 0 bridgehead atoms. The van der Waals surface area contributed by atoms with Crippen molar-refractivity contribution in [3.63, 3.8) is 0 Å². The predicted octanol–water partition coefficient (Wildman–Crippen LogP) is 2.99. The van der Waals surface area contributed by atoms with Gasteiger partial charge in [-0.15, -0.1) is 0 Å². The predicted molar refractivity (Wildman–Crippen MR) is 117 cm³/mol. The number of nitrogens with one attached hydrogen (secondary N) is 2. The van der Waals surface area contributed by atoms with Crippen molar-refractivity contribution in [1.29, 1.82) is 0 Å². The van der Waals surface area contributed by atoms with Crippen molar-refractivity contribution in [2.45, 2.75) is 50.6 Å². The maximum atomic E-state index is 13.1. The van der Waals surface area contributed by atoms with Gasteiger partial charge in [-0.25, -0.2) is 9.97 Å². The summed E-state index contributed by atoms with van der Waals surface area (Å²) in [7, 11) is 1.81. The third-order valence-electron chi connectivity index (χ3n) is 5.87. The molecule has 0 unspecified atom stereocenters. The normalized spacial score (nSPS) is 20.1. The Hall–Kier alpha value is -3.06. The molecule has 30 heavy (non-hydrogen) atoms. The Morgan fingerprint density at radius 2 is 2.27 bits per heavy atom. The van der Waals surface area contributed by atoms with E-state index < -0.39 is 0 Å². The van der Waals surface area contributed by atoms with Crippen LogP contribution in [0.25, 0.3) is 0 Å². The first-order valence-electron chi connectivity index (χ1n) is 10.4. The van der Waals surface area contributed by atoms with Crippen molar-refractivity contribution in [3.05, 3.63) is 72.0 Å². The van der Waals surface area contributed by atoms with Crippen LogP contribution in [0.15, 0.2) is 54.8 Å². The van der Waals surface area contributed by atoms with E-state index in [0.717, 1.165) is 36.5 Å². The summed E-state index contributed by atoms with van der Waals surface area (Å²) < 4.78 is 0. The third-order valence-corrected chi connectivity index (χ3v) is 5.87. The van der Waals surface area contributed by atoms with Gasteiger partial charge in [-0.3, -0.25) is 20.1 Å². The lowest BCUT2D eigenvalue weighted by atomic mass is 9.90. The van der Waals surface area contributed by atoms with Crippen molar-refractivity contribution >= 4 is 11.7 Å². The minimum atomic E-state index is -0.285. The fourth-order valence-electron chi connectivity index (χ4n) is 4.07. The summed E-state index contributed by atoms with van der Waals surface area (Å²) in [4.78, 5) is 23.8. The molecule has 2 N–H and O–H groups in total. The van der Waals surface area contributed by atoms with Gasteiger partial charge in [0.25, 0.3) is 0 Å². The molecule has 1 aliphatic carbocycles. The number of H-pyrrole nitrogens is 1. The molecule has 0 radical (unpaired) electrons. The van der Waals surface area contributed by atoms with Crippen LogP contribution in [0.3, 0.4) is 0 Å². The van der Waals surface area contributed by atoms with Crippen LogP contribution in [0.1, 0.15) is 43.4 Å². The highest BCUT2D eigenvalue weighted by atomic mass is 16.2. The molecule has 2 aromatic rings. The number of rotatable bonds is 7. The van der Waals surface area contributed by atoms with Crippen LogP contribution in [0.5, 0.6) is 0 Å². The number of aromatic amines is 1. The van der Waals surface area contributed by atoms with Crippen molar-refractivity contribution in [2.24, 2.45) is 0 Å². The highest BCUT2D eigenvalue weighted by Gasteiger charge is 2.51. The van der Waals surface area contributed by atoms with E-state index in [4.69, 9.17) is 0 Å². The van der Waals surface area contributed by atoms with E-state index in [0.29, 0.717) is 18.8 Å². The molecule has 0 saturated heterocycles. The fourth-order valence-corrected chi connectivity index (χ4v) is 4.07. The zero-order valence-corrected chi connectivity index (χ0v) is 17.6. The van der Waals surface area contributed by atoms with Gasteiger partial charge in [0.1, 0.15) is 11.6 Å². The molecule has 1 spiro atoms. The first kappa shape index (κ1) is 20.2. The van der Waals surface area contributed by atoms with Crippen LogP contribution in [-0.2, 0) is 23.2 Å². The van der Waals surface area contributed by atoms with Crippen LogP contribution in [0.4, 0.5) is 5.82 Å². The number of nitrogens with zero attached hydrogens (tertiary/aromatic N) is 4. The molecule has 1 saturated carbocycles. The Morgan fingerprint density at radius 3 is 3.03 bits per heavy atom. The Labute approximate surface area is 177 Å². The molecule has 3 heterocycles. The van der Waals surface area contributed by atoms with Crippen LogP contribution in [-0.4, -0.2) is 39.2 Å². The molecule has 2 aliphatic rings. The number of carbonyl (C=O) groups is 1. The lowest BCUT2D eigenvalue weighted by Crippen LogP contribution is -2.45. The van der Waals surface area contributed by atoms with Crippen LogP contribution >= 0.6 is 0 Å². The maximum absolute atomic E-state index is 13.1. The van der Waals surface area contributed by atoms with Gasteiger partial charge in [0.05, 0.1) is 12.6 Å². The van der Waals surface area contributed by atoms with Gasteiger partial charge in [-0.1, -0.05) is 36.9 Å². The molecular formula is C23H28N6O. The van der Waals surface area contributed by atoms with Crippen LogP contribution < -0.4 is 10.2 Å². The second kappa shape index (κ2) is 8.36. The van der Waals surface area contributed by atoms with E-state index in [1.165, 1.54) is 5.56 Å². The van der Waals surface area contributed by atoms with Gasteiger partial charge >= 0.3 is 0 Å². The summed E-state index contributed by atoms with van der Waals surface area (Å²) in [6.07, 6.45) is 13.2. The second-order valence-corrected chi connectivity index (χ2v) is 8.11.